The quantitative estimate of drug-likeness (QED) is 0.162. The summed E-state index contributed by atoms with van der Waals surface area (Å²) in [6.07, 6.45) is 15.7. The number of ketones is 2. The van der Waals surface area contributed by atoms with Crippen LogP contribution in [0.2, 0.25) is 0 Å². The van der Waals surface area contributed by atoms with E-state index in [0.717, 1.165) is 46.9 Å². The van der Waals surface area contributed by atoms with Crippen LogP contribution in [-0.2, 0) is 14.4 Å². The summed E-state index contributed by atoms with van der Waals surface area (Å²) in [5.41, 5.74) is 5.99. The Morgan fingerprint density at radius 1 is 1.02 bits per heavy atom. The van der Waals surface area contributed by atoms with Crippen LogP contribution in [0.3, 0.4) is 0 Å². The molecule has 2 aromatic carbocycles. The fraction of sp³-hybridized carbons (Fsp3) is 0.588. The molecule has 0 aromatic heterocycles. The third kappa shape index (κ3) is 8.87. The second kappa shape index (κ2) is 16.6. The second-order valence-corrected chi connectivity index (χ2v) is 20.0. The number of Topliss-reactive ketones (excluding diaryl/α,β-unsaturated/α-hetero) is 2. The van der Waals surface area contributed by atoms with Gasteiger partial charge < -0.3 is 9.84 Å². The zero-order valence-corrected chi connectivity index (χ0v) is 35.6. The molecule has 56 heavy (non-hydrogen) atoms. The lowest BCUT2D eigenvalue weighted by Crippen LogP contribution is -2.37. The fourth-order valence-electron chi connectivity index (χ4n) is 10.5. The molecule has 1 N–H and O–H groups in total. The van der Waals surface area contributed by atoms with Crippen molar-refractivity contribution in [3.8, 4) is 5.75 Å². The van der Waals surface area contributed by atoms with Gasteiger partial charge in [0.1, 0.15) is 23.4 Å². The van der Waals surface area contributed by atoms with Gasteiger partial charge in [0.15, 0.2) is 0 Å². The summed E-state index contributed by atoms with van der Waals surface area (Å²) in [5, 5.41) is 12.5. The monoisotopic (exact) mass is 761 g/mol. The number of carboxylic acid groups (broad SMARTS) is 1. The molecule has 5 heteroatoms. The lowest BCUT2D eigenvalue weighted by molar-refractivity contribution is -0.147. The normalized spacial score (nSPS) is 25.8. The molecule has 0 amide bonds. The van der Waals surface area contributed by atoms with Gasteiger partial charge >= 0.3 is 5.97 Å². The first-order valence-electron chi connectivity index (χ1n) is 21.6. The van der Waals surface area contributed by atoms with Crippen molar-refractivity contribution in [1.29, 1.82) is 0 Å². The number of hydrogen-bond donors (Lipinski definition) is 1. The van der Waals surface area contributed by atoms with E-state index >= 15 is 4.79 Å². The Kier molecular flexibility index (Phi) is 12.4. The molecule has 0 spiro atoms. The van der Waals surface area contributed by atoms with Gasteiger partial charge in [0, 0.05) is 29.6 Å². The van der Waals surface area contributed by atoms with Crippen molar-refractivity contribution in [2.45, 2.75) is 144 Å². The largest absolute Gasteiger partial charge is 0.490 e. The van der Waals surface area contributed by atoms with Crippen molar-refractivity contribution in [1.82, 2.24) is 0 Å². The van der Waals surface area contributed by atoms with E-state index in [-0.39, 0.29) is 41.3 Å². The summed E-state index contributed by atoms with van der Waals surface area (Å²) in [7, 11) is 0. The average Bonchev–Trinajstić information content (AvgIpc) is 3.53. The SMILES string of the molecule is C=CC1CC1(CC(=O)C1CC(Oc2cc(C3=CCC(CC(C)C)=C3)cc3c(C)c(C(C)C)ccc23)CC1C(=O)C(CC(=C)CC1CCCC1)C(C)(C)C)C(=O)O. The van der Waals surface area contributed by atoms with Crippen LogP contribution in [0, 0.1) is 53.3 Å². The van der Waals surface area contributed by atoms with Gasteiger partial charge in [-0.25, -0.2) is 0 Å². The van der Waals surface area contributed by atoms with Crippen LogP contribution in [0.25, 0.3) is 16.3 Å². The molecule has 4 aliphatic carbocycles. The number of carboxylic acids is 1. The molecule has 4 aliphatic rings. The van der Waals surface area contributed by atoms with Crippen molar-refractivity contribution in [2.24, 2.45) is 46.3 Å². The Morgan fingerprint density at radius 3 is 2.32 bits per heavy atom. The molecule has 0 heterocycles. The van der Waals surface area contributed by atoms with Gasteiger partial charge in [-0.15, -0.1) is 6.58 Å². The van der Waals surface area contributed by atoms with E-state index < -0.39 is 23.2 Å². The number of aryl methyl sites for hydroxylation is 1. The smallest absolute Gasteiger partial charge is 0.310 e. The minimum Gasteiger partial charge on any atom is -0.490 e. The number of benzene rings is 2. The molecule has 6 atom stereocenters. The summed E-state index contributed by atoms with van der Waals surface area (Å²) in [4.78, 5) is 42.0. The number of rotatable bonds is 17. The van der Waals surface area contributed by atoms with Gasteiger partial charge in [-0.2, -0.15) is 0 Å². The van der Waals surface area contributed by atoms with Crippen molar-refractivity contribution < 1.29 is 24.2 Å². The molecule has 5 nitrogen and oxygen atoms in total. The zero-order valence-electron chi connectivity index (χ0n) is 35.6. The van der Waals surface area contributed by atoms with Gasteiger partial charge in [-0.1, -0.05) is 122 Å². The molecular formula is C51H68O5. The lowest BCUT2D eigenvalue weighted by Gasteiger charge is -2.34. The minimum absolute atomic E-state index is 0.0798. The highest BCUT2D eigenvalue weighted by atomic mass is 16.5. The van der Waals surface area contributed by atoms with E-state index in [1.54, 1.807) is 6.08 Å². The van der Waals surface area contributed by atoms with Gasteiger partial charge in [0.2, 0.25) is 0 Å². The van der Waals surface area contributed by atoms with Crippen molar-refractivity contribution in [3.63, 3.8) is 0 Å². The molecule has 0 aliphatic heterocycles. The van der Waals surface area contributed by atoms with E-state index in [9.17, 15) is 14.7 Å². The van der Waals surface area contributed by atoms with Crippen molar-refractivity contribution in [2.75, 3.05) is 0 Å². The Balaban J connectivity index is 1.35. The summed E-state index contributed by atoms with van der Waals surface area (Å²) >= 11 is 0. The number of aliphatic carboxylic acids is 1. The number of carbonyl (C=O) groups is 3. The third-order valence-corrected chi connectivity index (χ3v) is 13.8. The third-order valence-electron chi connectivity index (χ3n) is 13.8. The van der Waals surface area contributed by atoms with Crippen LogP contribution in [0.5, 0.6) is 5.75 Å². The van der Waals surface area contributed by atoms with Crippen molar-refractivity contribution in [3.05, 3.63) is 83.5 Å². The number of fused-ring (bicyclic) bond motifs is 1. The molecule has 302 valence electrons. The van der Waals surface area contributed by atoms with Crippen LogP contribution in [0.4, 0.5) is 0 Å². The predicted molar refractivity (Wildman–Crippen MR) is 230 cm³/mol. The van der Waals surface area contributed by atoms with Gasteiger partial charge in [-0.3, -0.25) is 14.4 Å². The summed E-state index contributed by atoms with van der Waals surface area (Å²) in [6, 6.07) is 8.85. The topological polar surface area (TPSA) is 80.7 Å². The highest BCUT2D eigenvalue weighted by molar-refractivity contribution is 5.97. The molecule has 6 unspecified atom stereocenters. The molecule has 3 fully saturated rings. The van der Waals surface area contributed by atoms with Gasteiger partial charge in [0.25, 0.3) is 0 Å². The van der Waals surface area contributed by atoms with E-state index in [1.807, 2.05) is 0 Å². The minimum atomic E-state index is -1.13. The van der Waals surface area contributed by atoms with E-state index in [2.05, 4.69) is 105 Å². The Hall–Kier alpha value is -3.73. The molecule has 0 radical (unpaired) electrons. The molecule has 0 bridgehead atoms. The summed E-state index contributed by atoms with van der Waals surface area (Å²) in [6.45, 7) is 25.9. The molecule has 6 rings (SSSR count). The Labute approximate surface area is 337 Å². The molecule has 0 saturated heterocycles. The Morgan fingerprint density at radius 2 is 1.71 bits per heavy atom. The summed E-state index contributed by atoms with van der Waals surface area (Å²) in [5.74, 6) is -0.293. The van der Waals surface area contributed by atoms with Gasteiger partial charge in [0.05, 0.1) is 5.41 Å². The maximum absolute atomic E-state index is 15.0. The molecular weight excluding hydrogens is 693 g/mol. The highest BCUT2D eigenvalue weighted by Gasteiger charge is 2.61. The zero-order chi connectivity index (χ0) is 40.7. The standard InChI is InChI=1S/C51H68O5/c1-11-38-28-51(38,49(54)55)29-46(52)43-26-39(27-44(43)48(53)45(50(8,9)10)22-32(6)21-34-14-12-13-15-34)56-47-25-37(36-17-16-35(23-36)20-30(2)3)24-42-33(7)40(31(4)5)18-19-41(42)47/h11,17-19,23-25,30-31,34,38-39,43-45H,1,6,12-16,20-22,26-29H2,2-5,7-10H3,(H,54,55). The molecule has 3 saturated carbocycles. The second-order valence-electron chi connectivity index (χ2n) is 20.0. The van der Waals surface area contributed by atoms with Crippen LogP contribution >= 0.6 is 0 Å². The van der Waals surface area contributed by atoms with Gasteiger partial charge in [-0.05, 0) is 121 Å². The van der Waals surface area contributed by atoms with Crippen LogP contribution < -0.4 is 4.74 Å². The predicted octanol–water partition coefficient (Wildman–Crippen LogP) is 12.8. The highest BCUT2D eigenvalue weighted by Crippen LogP contribution is 2.57. The first-order chi connectivity index (χ1) is 26.4. The van der Waals surface area contributed by atoms with Crippen LogP contribution in [0.1, 0.15) is 148 Å². The van der Waals surface area contributed by atoms with E-state index in [0.29, 0.717) is 43.4 Å². The maximum atomic E-state index is 15.0. The number of allylic oxidation sites excluding steroid dienone is 6. The van der Waals surface area contributed by atoms with Crippen molar-refractivity contribution >= 4 is 33.9 Å². The lowest BCUT2D eigenvalue weighted by atomic mass is 9.69. The number of hydrogen-bond acceptors (Lipinski definition) is 4. The summed E-state index contributed by atoms with van der Waals surface area (Å²) < 4.78 is 7.06. The van der Waals surface area contributed by atoms with E-state index in [4.69, 9.17) is 4.74 Å². The first-order valence-corrected chi connectivity index (χ1v) is 21.6. The number of carbonyl (C=O) groups excluding carboxylic acids is 2. The Bertz CT molecular complexity index is 1930. The number of ether oxygens (including phenoxy) is 1. The molecule has 2 aromatic rings. The van der Waals surface area contributed by atoms with Crippen LogP contribution in [0.15, 0.2) is 66.8 Å². The first kappa shape index (κ1) is 41.9. The van der Waals surface area contributed by atoms with E-state index in [1.165, 1.54) is 48.0 Å². The van der Waals surface area contributed by atoms with Crippen LogP contribution in [-0.4, -0.2) is 28.7 Å². The fourth-order valence-corrected chi connectivity index (χ4v) is 10.5. The average molecular weight is 761 g/mol. The maximum Gasteiger partial charge on any atom is 0.310 e.